The maximum absolute atomic E-state index is 12.5. The summed E-state index contributed by atoms with van der Waals surface area (Å²) in [6, 6.07) is 7.94. The molecule has 31 heavy (non-hydrogen) atoms. The zero-order valence-electron chi connectivity index (χ0n) is 17.0. The van der Waals surface area contributed by atoms with E-state index in [4.69, 9.17) is 9.47 Å². The Bertz CT molecular complexity index is 863. The van der Waals surface area contributed by atoms with Crippen molar-refractivity contribution >= 4 is 41.4 Å². The number of rotatable bonds is 6. The van der Waals surface area contributed by atoms with Gasteiger partial charge in [-0.05, 0) is 30.7 Å². The molecule has 0 unspecified atom stereocenters. The first kappa shape index (κ1) is 24.8. The first-order chi connectivity index (χ1) is 14.5. The lowest BCUT2D eigenvalue weighted by atomic mass is 10.2. The molecule has 3 rings (SSSR count). The van der Waals surface area contributed by atoms with E-state index < -0.39 is 11.7 Å². The Morgan fingerprint density at radius 1 is 1.10 bits per heavy atom. The van der Waals surface area contributed by atoms with E-state index in [-0.39, 0.29) is 24.0 Å². The summed E-state index contributed by atoms with van der Waals surface area (Å²) in [7, 11) is 1.67. The molecule has 1 aliphatic heterocycles. The van der Waals surface area contributed by atoms with E-state index in [1.54, 1.807) is 7.05 Å². The highest BCUT2D eigenvalue weighted by molar-refractivity contribution is 14.0. The van der Waals surface area contributed by atoms with Gasteiger partial charge in [0.25, 0.3) is 0 Å². The van der Waals surface area contributed by atoms with E-state index in [1.807, 2.05) is 18.2 Å². The molecule has 11 heteroatoms. The molecule has 7 nitrogen and oxygen atoms in total. The maximum Gasteiger partial charge on any atom is 0.417 e. The van der Waals surface area contributed by atoms with Crippen molar-refractivity contribution in [1.82, 2.24) is 10.3 Å². The van der Waals surface area contributed by atoms with Crippen molar-refractivity contribution in [2.24, 2.45) is 4.99 Å². The SMILES string of the molecule is CN=C(NCCCNc1ccc(C(F)(F)F)cn1)Nc1ccc2c(c1)OCCCO2.I. The van der Waals surface area contributed by atoms with Crippen LogP contribution in [0.3, 0.4) is 0 Å². The smallest absolute Gasteiger partial charge is 0.417 e. The van der Waals surface area contributed by atoms with Gasteiger partial charge in [-0.25, -0.2) is 4.98 Å². The molecule has 0 fully saturated rings. The number of pyridine rings is 1. The van der Waals surface area contributed by atoms with Gasteiger partial charge in [0.15, 0.2) is 17.5 Å². The van der Waals surface area contributed by atoms with E-state index in [9.17, 15) is 13.2 Å². The maximum atomic E-state index is 12.5. The third kappa shape index (κ3) is 7.64. The van der Waals surface area contributed by atoms with Gasteiger partial charge in [-0.15, -0.1) is 24.0 Å². The predicted molar refractivity (Wildman–Crippen MR) is 125 cm³/mol. The Hall–Kier alpha value is -2.44. The first-order valence-corrected chi connectivity index (χ1v) is 9.60. The van der Waals surface area contributed by atoms with Crippen molar-refractivity contribution in [2.75, 3.05) is 44.0 Å². The number of alkyl halides is 3. The van der Waals surface area contributed by atoms with Gasteiger partial charge in [0.05, 0.1) is 18.8 Å². The summed E-state index contributed by atoms with van der Waals surface area (Å²) in [5, 5.41) is 9.37. The van der Waals surface area contributed by atoms with Gasteiger partial charge in [-0.1, -0.05) is 0 Å². The van der Waals surface area contributed by atoms with Gasteiger partial charge in [0, 0.05) is 44.5 Å². The minimum atomic E-state index is -4.38. The molecule has 0 aliphatic carbocycles. The average Bonchev–Trinajstić information content (AvgIpc) is 2.97. The predicted octanol–water partition coefficient (Wildman–Crippen LogP) is 4.37. The van der Waals surface area contributed by atoms with Gasteiger partial charge in [0.2, 0.25) is 0 Å². The van der Waals surface area contributed by atoms with E-state index in [1.165, 1.54) is 6.07 Å². The van der Waals surface area contributed by atoms with Crippen LogP contribution < -0.4 is 25.4 Å². The number of fused-ring (bicyclic) bond motifs is 1. The molecule has 0 saturated carbocycles. The molecule has 0 amide bonds. The lowest BCUT2D eigenvalue weighted by molar-refractivity contribution is -0.137. The fraction of sp³-hybridized carbons (Fsp3) is 0.400. The molecular formula is C20H25F3IN5O2. The van der Waals surface area contributed by atoms with Gasteiger partial charge in [-0.3, -0.25) is 4.99 Å². The molecule has 1 aliphatic rings. The van der Waals surface area contributed by atoms with Gasteiger partial charge < -0.3 is 25.4 Å². The molecule has 0 radical (unpaired) electrons. The minimum Gasteiger partial charge on any atom is -0.490 e. The molecule has 0 spiro atoms. The Kier molecular flexibility index (Phi) is 9.46. The largest absolute Gasteiger partial charge is 0.490 e. The monoisotopic (exact) mass is 551 g/mol. The van der Waals surface area contributed by atoms with Crippen LogP contribution in [0.1, 0.15) is 18.4 Å². The van der Waals surface area contributed by atoms with Gasteiger partial charge >= 0.3 is 6.18 Å². The number of hydrogen-bond donors (Lipinski definition) is 3. The van der Waals surface area contributed by atoms with Crippen LogP contribution in [0.5, 0.6) is 11.5 Å². The molecular weight excluding hydrogens is 526 g/mol. The number of aliphatic imine (C=N–C) groups is 1. The van der Waals surface area contributed by atoms with Gasteiger partial charge in [0.1, 0.15) is 5.82 Å². The highest BCUT2D eigenvalue weighted by atomic mass is 127. The lowest BCUT2D eigenvalue weighted by Crippen LogP contribution is -2.32. The fourth-order valence-corrected chi connectivity index (χ4v) is 2.73. The average molecular weight is 551 g/mol. The third-order valence-corrected chi connectivity index (χ3v) is 4.28. The highest BCUT2D eigenvalue weighted by Crippen LogP contribution is 2.32. The summed E-state index contributed by atoms with van der Waals surface area (Å²) in [6.07, 6.45) is -2.00. The fourth-order valence-electron chi connectivity index (χ4n) is 2.73. The van der Waals surface area contributed by atoms with Crippen molar-refractivity contribution in [1.29, 1.82) is 0 Å². The van der Waals surface area contributed by atoms with Crippen molar-refractivity contribution in [3.63, 3.8) is 0 Å². The van der Waals surface area contributed by atoms with E-state index in [0.29, 0.717) is 50.3 Å². The summed E-state index contributed by atoms with van der Waals surface area (Å²) in [6.45, 7) is 2.41. The highest BCUT2D eigenvalue weighted by Gasteiger charge is 2.30. The Morgan fingerprint density at radius 2 is 1.87 bits per heavy atom. The molecule has 2 heterocycles. The molecule has 0 bridgehead atoms. The van der Waals surface area contributed by atoms with E-state index >= 15 is 0 Å². The van der Waals surface area contributed by atoms with Crippen LogP contribution in [0.15, 0.2) is 41.5 Å². The lowest BCUT2D eigenvalue weighted by Gasteiger charge is -2.14. The molecule has 1 aromatic heterocycles. The van der Waals surface area contributed by atoms with Crippen LogP contribution in [0.2, 0.25) is 0 Å². The summed E-state index contributed by atoms with van der Waals surface area (Å²) < 4.78 is 48.9. The van der Waals surface area contributed by atoms with Crippen molar-refractivity contribution in [3.8, 4) is 11.5 Å². The number of hydrogen-bond acceptors (Lipinski definition) is 5. The van der Waals surface area contributed by atoms with Crippen LogP contribution in [-0.2, 0) is 6.18 Å². The number of nitrogens with zero attached hydrogens (tertiary/aromatic N) is 2. The number of halogens is 4. The zero-order chi connectivity index (χ0) is 21.4. The van der Waals surface area contributed by atoms with Gasteiger partial charge in [-0.2, -0.15) is 13.2 Å². The third-order valence-electron chi connectivity index (χ3n) is 4.28. The van der Waals surface area contributed by atoms with Crippen LogP contribution in [0.4, 0.5) is 24.7 Å². The van der Waals surface area contributed by atoms with E-state index in [2.05, 4.69) is 25.9 Å². The number of guanidine groups is 1. The molecule has 1 aromatic carbocycles. The molecule has 2 aromatic rings. The van der Waals surface area contributed by atoms with Crippen LogP contribution in [0.25, 0.3) is 0 Å². The summed E-state index contributed by atoms with van der Waals surface area (Å²) >= 11 is 0. The number of aromatic nitrogens is 1. The number of benzene rings is 1. The minimum absolute atomic E-state index is 0. The standard InChI is InChI=1S/C20H24F3N5O2.HI/c1-24-19(28-15-5-6-16-17(12-15)30-11-3-10-29-16)26-9-2-8-25-18-7-4-14(13-27-18)20(21,22)23;/h4-7,12-13H,2-3,8-11H2,1H3,(H,25,27)(H2,24,26,28);1H. The quantitative estimate of drug-likeness (QED) is 0.214. The number of anilines is 2. The second-order valence-corrected chi connectivity index (χ2v) is 6.55. The number of ether oxygens (including phenoxy) is 2. The zero-order valence-corrected chi connectivity index (χ0v) is 19.3. The van der Waals surface area contributed by atoms with Crippen LogP contribution >= 0.6 is 24.0 Å². The summed E-state index contributed by atoms with van der Waals surface area (Å²) in [5.74, 6) is 2.42. The number of nitrogens with one attached hydrogen (secondary N) is 3. The second-order valence-electron chi connectivity index (χ2n) is 6.55. The van der Waals surface area contributed by atoms with Crippen molar-refractivity contribution in [3.05, 3.63) is 42.1 Å². The molecule has 0 atom stereocenters. The normalized spacial score (nSPS) is 13.6. The summed E-state index contributed by atoms with van der Waals surface area (Å²) in [5.41, 5.74) is 0.0544. The Labute approximate surface area is 195 Å². The van der Waals surface area contributed by atoms with Crippen LogP contribution in [0, 0.1) is 0 Å². The Balaban J connectivity index is 0.00000341. The second kappa shape index (κ2) is 11.8. The molecule has 170 valence electrons. The first-order valence-electron chi connectivity index (χ1n) is 9.60. The van der Waals surface area contributed by atoms with E-state index in [0.717, 1.165) is 30.1 Å². The molecule has 0 saturated heterocycles. The van der Waals surface area contributed by atoms with Crippen molar-refractivity contribution in [2.45, 2.75) is 19.0 Å². The van der Waals surface area contributed by atoms with Crippen molar-refractivity contribution < 1.29 is 22.6 Å². The van der Waals surface area contributed by atoms with Crippen LogP contribution in [-0.4, -0.2) is 44.3 Å². The molecule has 3 N–H and O–H groups in total. The Morgan fingerprint density at radius 3 is 2.55 bits per heavy atom. The topological polar surface area (TPSA) is 79.8 Å². The summed E-state index contributed by atoms with van der Waals surface area (Å²) in [4.78, 5) is 7.97.